The monoisotopic (exact) mass is 270 g/mol. The quantitative estimate of drug-likeness (QED) is 0.833. The number of hydrogen-bond acceptors (Lipinski definition) is 5. The summed E-state index contributed by atoms with van der Waals surface area (Å²) in [6, 6.07) is 7.92. The number of nitrogens with zero attached hydrogens (tertiary/aromatic N) is 4. The van der Waals surface area contributed by atoms with Crippen LogP contribution in [-0.2, 0) is 6.42 Å². The zero-order chi connectivity index (χ0) is 14.6. The maximum Gasteiger partial charge on any atom is 0.227 e. The normalized spacial score (nSPS) is 13.7. The lowest BCUT2D eigenvalue weighted by atomic mass is 9.81. The molecule has 1 unspecified atom stereocenters. The second-order valence-corrected chi connectivity index (χ2v) is 5.35. The minimum absolute atomic E-state index is 0.126. The number of nitriles is 1. The lowest BCUT2D eigenvalue weighted by molar-refractivity contribution is 0.266. The molecule has 0 radical (unpaired) electrons. The molecule has 2 aromatic heterocycles. The van der Waals surface area contributed by atoms with Crippen LogP contribution in [0.3, 0.4) is 0 Å². The van der Waals surface area contributed by atoms with Gasteiger partial charge in [-0.05, 0) is 30.9 Å². The van der Waals surface area contributed by atoms with Gasteiger partial charge in [0.2, 0.25) is 11.7 Å². The van der Waals surface area contributed by atoms with Crippen LogP contribution in [0, 0.1) is 23.7 Å². The third-order valence-corrected chi connectivity index (χ3v) is 3.52. The van der Waals surface area contributed by atoms with Crippen LogP contribution in [0.15, 0.2) is 22.7 Å². The van der Waals surface area contributed by atoms with Gasteiger partial charge >= 0.3 is 0 Å². The summed E-state index contributed by atoms with van der Waals surface area (Å²) in [5.41, 5.74) is 1.49. The third-order valence-electron chi connectivity index (χ3n) is 3.52. The summed E-state index contributed by atoms with van der Waals surface area (Å²) < 4.78 is 5.29. The second kappa shape index (κ2) is 5.83. The Morgan fingerprint density at radius 2 is 2.15 bits per heavy atom. The van der Waals surface area contributed by atoms with Crippen molar-refractivity contribution in [2.75, 3.05) is 0 Å². The van der Waals surface area contributed by atoms with Crippen molar-refractivity contribution in [3.63, 3.8) is 0 Å². The Bertz CT molecular complexity index is 629. The van der Waals surface area contributed by atoms with Crippen LogP contribution < -0.4 is 0 Å². The molecule has 0 amide bonds. The van der Waals surface area contributed by atoms with E-state index in [1.165, 1.54) is 0 Å². The van der Waals surface area contributed by atoms with Crippen molar-refractivity contribution in [2.24, 2.45) is 5.41 Å². The largest absolute Gasteiger partial charge is 0.339 e. The predicted molar refractivity (Wildman–Crippen MR) is 74.6 cm³/mol. The molecule has 0 aromatic carbocycles. The van der Waals surface area contributed by atoms with Gasteiger partial charge in [-0.1, -0.05) is 25.1 Å². The van der Waals surface area contributed by atoms with E-state index >= 15 is 0 Å². The van der Waals surface area contributed by atoms with Crippen LogP contribution in [0.1, 0.15) is 38.3 Å². The molecule has 0 aliphatic carbocycles. The molecular formula is C15H18N4O. The van der Waals surface area contributed by atoms with Crippen molar-refractivity contribution in [3.05, 3.63) is 29.8 Å². The summed E-state index contributed by atoms with van der Waals surface area (Å²) in [6.07, 6.45) is 1.97. The lowest BCUT2D eigenvalue weighted by Crippen LogP contribution is -2.18. The smallest absolute Gasteiger partial charge is 0.227 e. The minimum Gasteiger partial charge on any atom is -0.339 e. The highest BCUT2D eigenvalue weighted by molar-refractivity contribution is 5.47. The highest BCUT2D eigenvalue weighted by Gasteiger charge is 2.25. The van der Waals surface area contributed by atoms with E-state index in [2.05, 4.69) is 35.0 Å². The van der Waals surface area contributed by atoms with Crippen LogP contribution in [-0.4, -0.2) is 15.1 Å². The minimum atomic E-state index is -0.126. The van der Waals surface area contributed by atoms with E-state index in [1.54, 1.807) is 0 Å². The Hall–Kier alpha value is -2.22. The van der Waals surface area contributed by atoms with E-state index in [1.807, 2.05) is 25.1 Å². The van der Waals surface area contributed by atoms with Gasteiger partial charge in [-0.25, -0.2) is 4.98 Å². The van der Waals surface area contributed by atoms with Crippen LogP contribution in [0.4, 0.5) is 0 Å². The van der Waals surface area contributed by atoms with E-state index in [-0.39, 0.29) is 5.41 Å². The van der Waals surface area contributed by atoms with E-state index in [0.29, 0.717) is 30.3 Å². The SMILES string of the molecule is CCC(C)(CC#N)Cc1nc(-c2cccc(C)n2)no1. The maximum absolute atomic E-state index is 8.90. The first-order chi connectivity index (χ1) is 9.56. The number of aryl methyl sites for hydroxylation is 1. The molecule has 0 N–H and O–H groups in total. The van der Waals surface area contributed by atoms with E-state index in [4.69, 9.17) is 9.78 Å². The fraction of sp³-hybridized carbons (Fsp3) is 0.467. The number of hydrogen-bond donors (Lipinski definition) is 0. The molecule has 0 fully saturated rings. The van der Waals surface area contributed by atoms with E-state index in [0.717, 1.165) is 12.1 Å². The van der Waals surface area contributed by atoms with E-state index < -0.39 is 0 Å². The van der Waals surface area contributed by atoms with Gasteiger partial charge in [-0.15, -0.1) is 0 Å². The first-order valence-corrected chi connectivity index (χ1v) is 6.70. The summed E-state index contributed by atoms with van der Waals surface area (Å²) in [5, 5.41) is 12.9. The third kappa shape index (κ3) is 3.21. The lowest BCUT2D eigenvalue weighted by Gasteiger charge is -2.22. The van der Waals surface area contributed by atoms with Gasteiger partial charge in [0.1, 0.15) is 5.69 Å². The maximum atomic E-state index is 8.90. The Kier molecular flexibility index (Phi) is 4.14. The molecule has 2 heterocycles. The van der Waals surface area contributed by atoms with Gasteiger partial charge in [-0.2, -0.15) is 10.2 Å². The van der Waals surface area contributed by atoms with Crippen LogP contribution in [0.2, 0.25) is 0 Å². The molecule has 5 heteroatoms. The van der Waals surface area contributed by atoms with Crippen molar-refractivity contribution >= 4 is 0 Å². The highest BCUT2D eigenvalue weighted by atomic mass is 16.5. The Balaban J connectivity index is 2.19. The van der Waals surface area contributed by atoms with Gasteiger partial charge in [0.15, 0.2) is 0 Å². The zero-order valence-electron chi connectivity index (χ0n) is 12.1. The Labute approximate surface area is 118 Å². The highest BCUT2D eigenvalue weighted by Crippen LogP contribution is 2.30. The average molecular weight is 270 g/mol. The molecule has 0 aliphatic heterocycles. The van der Waals surface area contributed by atoms with Crippen molar-refractivity contribution < 1.29 is 4.52 Å². The molecule has 0 aliphatic rings. The summed E-state index contributed by atoms with van der Waals surface area (Å²) >= 11 is 0. The summed E-state index contributed by atoms with van der Waals surface area (Å²) in [7, 11) is 0. The van der Waals surface area contributed by atoms with Gasteiger partial charge in [0.05, 0.1) is 6.07 Å². The van der Waals surface area contributed by atoms with Crippen molar-refractivity contribution in [1.29, 1.82) is 5.26 Å². The van der Waals surface area contributed by atoms with Gasteiger partial charge in [0, 0.05) is 18.5 Å². The molecule has 2 rings (SSSR count). The van der Waals surface area contributed by atoms with E-state index in [9.17, 15) is 0 Å². The Morgan fingerprint density at radius 1 is 1.35 bits per heavy atom. The fourth-order valence-corrected chi connectivity index (χ4v) is 1.97. The van der Waals surface area contributed by atoms with Crippen molar-refractivity contribution in [2.45, 2.75) is 40.0 Å². The van der Waals surface area contributed by atoms with Crippen LogP contribution >= 0.6 is 0 Å². The molecule has 0 saturated heterocycles. The van der Waals surface area contributed by atoms with Gasteiger partial charge in [-0.3, -0.25) is 0 Å². The summed E-state index contributed by atoms with van der Waals surface area (Å²) in [6.45, 7) is 6.05. The van der Waals surface area contributed by atoms with Crippen molar-refractivity contribution in [1.82, 2.24) is 15.1 Å². The molecule has 0 bridgehead atoms. The topological polar surface area (TPSA) is 75.6 Å². The van der Waals surface area contributed by atoms with Gasteiger partial charge in [0.25, 0.3) is 0 Å². The molecule has 0 spiro atoms. The van der Waals surface area contributed by atoms with Crippen LogP contribution in [0.5, 0.6) is 0 Å². The average Bonchev–Trinajstić information content (AvgIpc) is 2.87. The predicted octanol–water partition coefficient (Wildman–Crippen LogP) is 3.31. The first kappa shape index (κ1) is 14.2. The Morgan fingerprint density at radius 3 is 2.80 bits per heavy atom. The molecule has 20 heavy (non-hydrogen) atoms. The number of pyridine rings is 1. The molecule has 0 saturated carbocycles. The second-order valence-electron chi connectivity index (χ2n) is 5.35. The molecule has 1 atom stereocenters. The molecule has 2 aromatic rings. The standard InChI is InChI=1S/C15H18N4O/c1-4-15(3,8-9-16)10-13-18-14(19-20-13)12-7-5-6-11(2)17-12/h5-7H,4,8,10H2,1-3H3. The molecule has 104 valence electrons. The van der Waals surface area contributed by atoms with Crippen LogP contribution in [0.25, 0.3) is 11.5 Å². The summed E-state index contributed by atoms with van der Waals surface area (Å²) in [5.74, 6) is 1.06. The molecule has 5 nitrogen and oxygen atoms in total. The summed E-state index contributed by atoms with van der Waals surface area (Å²) in [4.78, 5) is 8.76. The van der Waals surface area contributed by atoms with Crippen molar-refractivity contribution in [3.8, 4) is 17.6 Å². The zero-order valence-corrected chi connectivity index (χ0v) is 12.1. The fourth-order valence-electron chi connectivity index (χ4n) is 1.97. The van der Waals surface area contributed by atoms with Gasteiger partial charge < -0.3 is 4.52 Å². The molecular weight excluding hydrogens is 252 g/mol. The number of aromatic nitrogens is 3. The number of rotatable bonds is 5. The first-order valence-electron chi connectivity index (χ1n) is 6.70.